The zero-order valence-corrected chi connectivity index (χ0v) is 20.1. The number of carboxylic acid groups (broad SMARTS) is 1. The van der Waals surface area contributed by atoms with Gasteiger partial charge in [-0.05, 0) is 54.4 Å². The minimum absolute atomic E-state index is 0.0432. The highest BCUT2D eigenvalue weighted by Crippen LogP contribution is 2.44. The van der Waals surface area contributed by atoms with Gasteiger partial charge in [-0.15, -0.1) is 0 Å². The van der Waals surface area contributed by atoms with Crippen molar-refractivity contribution >= 4 is 18.0 Å². The Labute approximate surface area is 205 Å². The number of carbonyl (C=O) groups excluding carboxylic acids is 2. The second kappa shape index (κ2) is 10.5. The van der Waals surface area contributed by atoms with E-state index >= 15 is 0 Å². The van der Waals surface area contributed by atoms with Crippen LogP contribution < -0.4 is 10.6 Å². The molecular formula is C27H32N2O6. The monoisotopic (exact) mass is 480 g/mol. The number of nitrogens with one attached hydrogen (secondary N) is 2. The highest BCUT2D eigenvalue weighted by molar-refractivity contribution is 5.86. The summed E-state index contributed by atoms with van der Waals surface area (Å²) in [6.45, 7) is 2.33. The van der Waals surface area contributed by atoms with Crippen molar-refractivity contribution in [1.29, 1.82) is 0 Å². The normalized spacial score (nSPS) is 17.0. The van der Waals surface area contributed by atoms with Gasteiger partial charge >= 0.3 is 12.1 Å². The number of rotatable bonds is 11. The fourth-order valence-electron chi connectivity index (χ4n) is 4.78. The van der Waals surface area contributed by atoms with Crippen LogP contribution in [0.2, 0.25) is 0 Å². The molecule has 0 aliphatic heterocycles. The maximum absolute atomic E-state index is 12.9. The number of fused-ring (bicyclic) bond motifs is 3. The van der Waals surface area contributed by atoms with Crippen LogP contribution >= 0.6 is 0 Å². The number of ether oxygens (including phenoxy) is 2. The second-order valence-electron chi connectivity index (χ2n) is 9.46. The van der Waals surface area contributed by atoms with Crippen LogP contribution in [0.15, 0.2) is 48.5 Å². The molecule has 2 aromatic carbocycles. The van der Waals surface area contributed by atoms with Crippen LogP contribution in [-0.4, -0.2) is 55.0 Å². The van der Waals surface area contributed by atoms with Gasteiger partial charge in [0.25, 0.3) is 0 Å². The number of aliphatic carboxylic acids is 1. The second-order valence-corrected chi connectivity index (χ2v) is 9.46. The summed E-state index contributed by atoms with van der Waals surface area (Å²) in [5.41, 5.74) is 3.91. The molecule has 0 saturated heterocycles. The van der Waals surface area contributed by atoms with E-state index in [1.54, 1.807) is 7.11 Å². The standard InChI is InChI=1S/C27H32N2O6/c1-27(34-2,17-11-12-17)16-28-25(32)23(13-14-24(30)31)29-26(33)35-15-22-20-9-5-3-7-18(20)19-8-4-6-10-21(19)22/h3-10,17,22-23H,11-16H2,1-2H3,(H,28,32)(H,29,33)(H,30,31). The first kappa shape index (κ1) is 24.7. The molecule has 1 fully saturated rings. The van der Waals surface area contributed by atoms with Crippen LogP contribution in [0.3, 0.4) is 0 Å². The van der Waals surface area contributed by atoms with E-state index in [1.165, 1.54) is 0 Å². The van der Waals surface area contributed by atoms with E-state index in [1.807, 2.05) is 43.3 Å². The lowest BCUT2D eigenvalue weighted by Gasteiger charge is -2.29. The third kappa shape index (κ3) is 5.65. The first-order valence-corrected chi connectivity index (χ1v) is 12.0. The third-order valence-corrected chi connectivity index (χ3v) is 7.12. The molecule has 0 spiro atoms. The summed E-state index contributed by atoms with van der Waals surface area (Å²) in [5, 5.41) is 14.5. The quantitative estimate of drug-likeness (QED) is 0.452. The van der Waals surface area contributed by atoms with Crippen LogP contribution in [0.1, 0.15) is 49.7 Å². The van der Waals surface area contributed by atoms with E-state index in [0.29, 0.717) is 5.92 Å². The van der Waals surface area contributed by atoms with Gasteiger partial charge in [0.15, 0.2) is 0 Å². The lowest BCUT2D eigenvalue weighted by atomic mass is 9.98. The third-order valence-electron chi connectivity index (χ3n) is 7.12. The molecule has 2 aliphatic rings. The van der Waals surface area contributed by atoms with Crippen molar-refractivity contribution in [3.05, 3.63) is 59.7 Å². The van der Waals surface area contributed by atoms with Gasteiger partial charge in [-0.3, -0.25) is 9.59 Å². The molecule has 2 amide bonds. The predicted octanol–water partition coefficient (Wildman–Crippen LogP) is 3.69. The average Bonchev–Trinajstić information content (AvgIpc) is 3.67. The number of amides is 2. The number of benzene rings is 2. The van der Waals surface area contributed by atoms with Gasteiger partial charge in [0.05, 0.1) is 5.60 Å². The number of alkyl carbamates (subject to hydrolysis) is 1. The van der Waals surface area contributed by atoms with E-state index in [4.69, 9.17) is 14.6 Å². The predicted molar refractivity (Wildman–Crippen MR) is 130 cm³/mol. The Morgan fingerprint density at radius 2 is 1.66 bits per heavy atom. The van der Waals surface area contributed by atoms with Crippen LogP contribution in [0.5, 0.6) is 0 Å². The number of hydrogen-bond donors (Lipinski definition) is 3. The molecule has 3 N–H and O–H groups in total. The van der Waals surface area contributed by atoms with Crippen LogP contribution in [0.4, 0.5) is 4.79 Å². The van der Waals surface area contributed by atoms with Gasteiger partial charge in [0.2, 0.25) is 5.91 Å². The van der Waals surface area contributed by atoms with Crippen molar-refractivity contribution in [2.45, 2.75) is 50.2 Å². The summed E-state index contributed by atoms with van der Waals surface area (Å²) in [6, 6.07) is 15.0. The van der Waals surface area contributed by atoms with Gasteiger partial charge in [0, 0.05) is 26.0 Å². The number of carboxylic acids is 1. The first-order valence-electron chi connectivity index (χ1n) is 12.0. The Morgan fingerprint density at radius 3 is 2.20 bits per heavy atom. The van der Waals surface area contributed by atoms with Gasteiger partial charge < -0.3 is 25.2 Å². The number of carbonyl (C=O) groups is 3. The molecule has 8 heteroatoms. The summed E-state index contributed by atoms with van der Waals surface area (Å²) in [6.07, 6.45) is 1.03. The summed E-state index contributed by atoms with van der Waals surface area (Å²) < 4.78 is 11.1. The van der Waals surface area contributed by atoms with Crippen molar-refractivity contribution in [3.8, 4) is 11.1 Å². The summed E-state index contributed by atoms with van der Waals surface area (Å²) in [4.78, 5) is 36.6. The summed E-state index contributed by atoms with van der Waals surface area (Å²) in [7, 11) is 1.61. The smallest absolute Gasteiger partial charge is 0.407 e. The van der Waals surface area contributed by atoms with Gasteiger partial charge in [-0.2, -0.15) is 0 Å². The molecule has 2 aromatic rings. The van der Waals surface area contributed by atoms with Crippen LogP contribution in [0, 0.1) is 5.92 Å². The minimum atomic E-state index is -1.04. The molecular weight excluding hydrogens is 448 g/mol. The van der Waals surface area contributed by atoms with Crippen molar-refractivity contribution in [3.63, 3.8) is 0 Å². The Bertz CT molecular complexity index is 1050. The Morgan fingerprint density at radius 1 is 1.06 bits per heavy atom. The van der Waals surface area contributed by atoms with Crippen LogP contribution in [0.25, 0.3) is 11.1 Å². The molecule has 2 unspecified atom stereocenters. The zero-order valence-electron chi connectivity index (χ0n) is 20.1. The molecule has 0 aromatic heterocycles. The molecule has 186 valence electrons. The molecule has 4 rings (SSSR count). The lowest BCUT2D eigenvalue weighted by molar-refractivity contribution is -0.137. The SMILES string of the molecule is COC(C)(CNC(=O)C(CCC(=O)O)NC(=O)OCC1c2ccccc2-c2ccccc21)C1CC1. The molecule has 0 bridgehead atoms. The fraction of sp³-hybridized carbons (Fsp3) is 0.444. The molecule has 1 saturated carbocycles. The molecule has 2 atom stereocenters. The highest BCUT2D eigenvalue weighted by Gasteiger charge is 2.42. The van der Waals surface area contributed by atoms with E-state index in [0.717, 1.165) is 35.1 Å². The fourth-order valence-corrected chi connectivity index (χ4v) is 4.78. The topological polar surface area (TPSA) is 114 Å². The van der Waals surface area contributed by atoms with Gasteiger partial charge in [-0.25, -0.2) is 4.79 Å². The van der Waals surface area contributed by atoms with Gasteiger partial charge in [0.1, 0.15) is 12.6 Å². The average molecular weight is 481 g/mol. The Balaban J connectivity index is 1.38. The number of methoxy groups -OCH3 is 1. The zero-order chi connectivity index (χ0) is 25.0. The van der Waals surface area contributed by atoms with E-state index in [2.05, 4.69) is 22.8 Å². The van der Waals surface area contributed by atoms with Crippen LogP contribution in [-0.2, 0) is 19.1 Å². The maximum atomic E-state index is 12.9. The van der Waals surface area contributed by atoms with Crippen molar-refractivity contribution in [1.82, 2.24) is 10.6 Å². The molecule has 0 heterocycles. The Hall–Kier alpha value is -3.39. The molecule has 35 heavy (non-hydrogen) atoms. The van der Waals surface area contributed by atoms with Crippen molar-refractivity contribution < 1.29 is 29.0 Å². The minimum Gasteiger partial charge on any atom is -0.481 e. The lowest BCUT2D eigenvalue weighted by Crippen LogP contribution is -2.51. The van der Waals surface area contributed by atoms with E-state index in [9.17, 15) is 14.4 Å². The molecule has 0 radical (unpaired) electrons. The first-order chi connectivity index (χ1) is 16.8. The number of hydrogen-bond acceptors (Lipinski definition) is 5. The van der Waals surface area contributed by atoms with E-state index < -0.39 is 29.6 Å². The largest absolute Gasteiger partial charge is 0.481 e. The maximum Gasteiger partial charge on any atom is 0.407 e. The van der Waals surface area contributed by atoms with Crippen molar-refractivity contribution in [2.24, 2.45) is 5.92 Å². The van der Waals surface area contributed by atoms with Gasteiger partial charge in [-0.1, -0.05) is 48.5 Å². The van der Waals surface area contributed by atoms with Crippen molar-refractivity contribution in [2.75, 3.05) is 20.3 Å². The highest BCUT2D eigenvalue weighted by atomic mass is 16.5. The van der Waals surface area contributed by atoms with E-state index in [-0.39, 0.29) is 31.9 Å². The Kier molecular flexibility index (Phi) is 7.40. The molecule has 8 nitrogen and oxygen atoms in total. The molecule has 2 aliphatic carbocycles. The summed E-state index contributed by atoms with van der Waals surface area (Å²) in [5.74, 6) is -1.23. The summed E-state index contributed by atoms with van der Waals surface area (Å²) >= 11 is 0.